The second-order valence-electron chi connectivity index (χ2n) is 6.04. The van der Waals surface area contributed by atoms with E-state index in [0.29, 0.717) is 6.54 Å². The Bertz CT molecular complexity index is 724. The summed E-state index contributed by atoms with van der Waals surface area (Å²) in [5, 5.41) is 0. The van der Waals surface area contributed by atoms with Crippen LogP contribution >= 0.6 is 0 Å². The predicted molar refractivity (Wildman–Crippen MR) is 82.0 cm³/mol. The first-order valence-electron chi connectivity index (χ1n) is 7.72. The fourth-order valence-electron chi connectivity index (χ4n) is 3.50. The van der Waals surface area contributed by atoms with Crippen LogP contribution in [0.2, 0.25) is 0 Å². The van der Waals surface area contributed by atoms with Crippen molar-refractivity contribution in [1.29, 1.82) is 0 Å². The highest BCUT2D eigenvalue weighted by molar-refractivity contribution is 5.98. The molecule has 3 heterocycles. The molecule has 0 saturated carbocycles. The number of pyridine rings is 1. The van der Waals surface area contributed by atoms with Crippen molar-refractivity contribution in [1.82, 2.24) is 9.47 Å². The molecule has 0 radical (unpaired) electrons. The summed E-state index contributed by atoms with van der Waals surface area (Å²) in [6.45, 7) is 2.60. The van der Waals surface area contributed by atoms with Gasteiger partial charge in [0.05, 0.1) is 20.3 Å². The molecular formula is C16H20N2O5. The summed E-state index contributed by atoms with van der Waals surface area (Å²) in [6.07, 6.45) is 4.24. The van der Waals surface area contributed by atoms with E-state index < -0.39 is 11.4 Å². The first kappa shape index (κ1) is 15.6. The van der Waals surface area contributed by atoms with Crippen LogP contribution in [0, 0.1) is 0 Å². The van der Waals surface area contributed by atoms with Gasteiger partial charge in [0.1, 0.15) is 5.56 Å². The average Bonchev–Trinajstić information content (AvgIpc) is 2.72. The summed E-state index contributed by atoms with van der Waals surface area (Å²) < 4.78 is 11.6. The fourth-order valence-corrected chi connectivity index (χ4v) is 3.50. The molecular weight excluding hydrogens is 300 g/mol. The summed E-state index contributed by atoms with van der Waals surface area (Å²) in [6, 6.07) is 0.159. The zero-order valence-electron chi connectivity index (χ0n) is 13.5. The van der Waals surface area contributed by atoms with Gasteiger partial charge in [0.25, 0.3) is 5.91 Å². The smallest absolute Gasteiger partial charge is 0.343 e. The zero-order valence-corrected chi connectivity index (χ0v) is 13.5. The molecule has 2 aliphatic rings. The summed E-state index contributed by atoms with van der Waals surface area (Å²) in [5.41, 5.74) is -0.478. The molecule has 7 nitrogen and oxygen atoms in total. The number of hydrogen-bond acceptors (Lipinski definition) is 5. The van der Waals surface area contributed by atoms with Crippen molar-refractivity contribution in [3.05, 3.63) is 27.7 Å². The van der Waals surface area contributed by atoms with E-state index in [4.69, 9.17) is 4.74 Å². The maximum Gasteiger partial charge on any atom is 0.343 e. The molecule has 2 atom stereocenters. The van der Waals surface area contributed by atoms with Crippen LogP contribution < -0.4 is 10.2 Å². The topological polar surface area (TPSA) is 77.8 Å². The Hall–Kier alpha value is -2.31. The standard InChI is InChI=1S/C16H20N2O5/c1-9-5-4-6-10-7-17(9)15(20)12-14(22-2)13(19)11(8-18(10)12)16(21)23-3/h8-10H,4-7H2,1-3H3. The number of ether oxygens (including phenoxy) is 2. The zero-order chi connectivity index (χ0) is 16.7. The molecule has 1 aromatic rings. The monoisotopic (exact) mass is 320 g/mol. The number of methoxy groups -OCH3 is 2. The van der Waals surface area contributed by atoms with Crippen molar-refractivity contribution < 1.29 is 19.1 Å². The van der Waals surface area contributed by atoms with Gasteiger partial charge in [0.15, 0.2) is 11.4 Å². The van der Waals surface area contributed by atoms with Gasteiger partial charge in [-0.05, 0) is 26.2 Å². The van der Waals surface area contributed by atoms with Crippen molar-refractivity contribution in [2.24, 2.45) is 0 Å². The minimum Gasteiger partial charge on any atom is -0.491 e. The number of rotatable bonds is 2. The van der Waals surface area contributed by atoms with Crippen molar-refractivity contribution in [2.75, 3.05) is 20.8 Å². The number of amides is 1. The summed E-state index contributed by atoms with van der Waals surface area (Å²) in [5.74, 6) is -1.02. The largest absolute Gasteiger partial charge is 0.491 e. The quantitative estimate of drug-likeness (QED) is 0.766. The van der Waals surface area contributed by atoms with E-state index in [1.165, 1.54) is 20.4 Å². The number of aromatic nitrogens is 1. The Kier molecular flexibility index (Phi) is 3.87. The van der Waals surface area contributed by atoms with Crippen LogP contribution in [0.1, 0.15) is 53.1 Å². The molecule has 2 unspecified atom stereocenters. The minimum absolute atomic E-state index is 0.0329. The second-order valence-corrected chi connectivity index (χ2v) is 6.04. The predicted octanol–water partition coefficient (Wildman–Crippen LogP) is 1.21. The number of carbonyl (C=O) groups is 2. The molecule has 124 valence electrons. The van der Waals surface area contributed by atoms with Gasteiger partial charge in [-0.2, -0.15) is 0 Å². The number of hydrogen-bond donors (Lipinski definition) is 0. The fraction of sp³-hybridized carbons (Fsp3) is 0.562. The molecule has 0 spiro atoms. The van der Waals surface area contributed by atoms with E-state index in [9.17, 15) is 14.4 Å². The third-order valence-electron chi connectivity index (χ3n) is 4.76. The number of nitrogens with zero attached hydrogens (tertiary/aromatic N) is 2. The Morgan fingerprint density at radius 3 is 2.65 bits per heavy atom. The lowest BCUT2D eigenvalue weighted by Gasteiger charge is -2.37. The highest BCUT2D eigenvalue weighted by Gasteiger charge is 2.39. The Morgan fingerprint density at radius 2 is 2.00 bits per heavy atom. The van der Waals surface area contributed by atoms with Crippen molar-refractivity contribution in [2.45, 2.75) is 38.3 Å². The Balaban J connectivity index is 2.26. The number of fused-ring (bicyclic) bond motifs is 4. The molecule has 0 aliphatic carbocycles. The molecule has 1 fully saturated rings. The van der Waals surface area contributed by atoms with Crippen LogP contribution in [-0.2, 0) is 4.74 Å². The van der Waals surface area contributed by atoms with Gasteiger partial charge >= 0.3 is 5.97 Å². The van der Waals surface area contributed by atoms with Gasteiger partial charge in [-0.1, -0.05) is 0 Å². The molecule has 7 heteroatoms. The Labute approximate surface area is 133 Å². The van der Waals surface area contributed by atoms with Crippen LogP contribution in [-0.4, -0.2) is 48.1 Å². The van der Waals surface area contributed by atoms with Gasteiger partial charge < -0.3 is 18.9 Å². The van der Waals surface area contributed by atoms with Gasteiger partial charge in [-0.25, -0.2) is 4.79 Å². The SMILES string of the molecule is COC(=O)c1cn2c(c(OC)c1=O)C(=O)N1CC2CCCC1C. The molecule has 2 aliphatic heterocycles. The highest BCUT2D eigenvalue weighted by Crippen LogP contribution is 2.34. The molecule has 23 heavy (non-hydrogen) atoms. The van der Waals surface area contributed by atoms with Gasteiger partial charge in [-0.3, -0.25) is 9.59 Å². The van der Waals surface area contributed by atoms with Crippen LogP contribution in [0.4, 0.5) is 0 Å². The van der Waals surface area contributed by atoms with Crippen molar-refractivity contribution >= 4 is 11.9 Å². The van der Waals surface area contributed by atoms with Gasteiger partial charge in [0.2, 0.25) is 5.43 Å². The molecule has 0 N–H and O–H groups in total. The number of esters is 1. The normalized spacial score (nSPS) is 23.1. The van der Waals surface area contributed by atoms with E-state index in [0.717, 1.165) is 19.3 Å². The molecule has 1 amide bonds. The van der Waals surface area contributed by atoms with E-state index in [1.54, 1.807) is 9.47 Å². The van der Waals surface area contributed by atoms with Gasteiger partial charge in [0, 0.05) is 18.8 Å². The molecule has 1 saturated heterocycles. The highest BCUT2D eigenvalue weighted by atomic mass is 16.5. The van der Waals surface area contributed by atoms with E-state index >= 15 is 0 Å². The number of carbonyl (C=O) groups excluding carboxylic acids is 2. The van der Waals surface area contributed by atoms with Crippen molar-refractivity contribution in [3.8, 4) is 5.75 Å². The molecule has 2 bridgehead atoms. The summed E-state index contributed by atoms with van der Waals surface area (Å²) >= 11 is 0. The summed E-state index contributed by atoms with van der Waals surface area (Å²) in [7, 11) is 2.56. The first-order chi connectivity index (χ1) is 11.0. The molecule has 3 rings (SSSR count). The first-order valence-corrected chi connectivity index (χ1v) is 7.72. The lowest BCUT2D eigenvalue weighted by molar-refractivity contribution is 0.0574. The molecule has 1 aromatic heterocycles. The van der Waals surface area contributed by atoms with Crippen LogP contribution in [0.3, 0.4) is 0 Å². The van der Waals surface area contributed by atoms with E-state index in [2.05, 4.69) is 4.74 Å². The van der Waals surface area contributed by atoms with Crippen LogP contribution in [0.25, 0.3) is 0 Å². The second kappa shape index (κ2) is 5.72. The average molecular weight is 320 g/mol. The third-order valence-corrected chi connectivity index (χ3v) is 4.76. The van der Waals surface area contributed by atoms with Crippen LogP contribution in [0.15, 0.2) is 11.0 Å². The van der Waals surface area contributed by atoms with Crippen molar-refractivity contribution in [3.63, 3.8) is 0 Å². The maximum atomic E-state index is 12.8. The van der Waals surface area contributed by atoms with E-state index in [-0.39, 0.29) is 35.0 Å². The summed E-state index contributed by atoms with van der Waals surface area (Å²) in [4.78, 5) is 39.0. The minimum atomic E-state index is -0.722. The Morgan fingerprint density at radius 1 is 1.26 bits per heavy atom. The third kappa shape index (κ3) is 2.31. The van der Waals surface area contributed by atoms with Gasteiger partial charge in [-0.15, -0.1) is 0 Å². The van der Waals surface area contributed by atoms with Crippen LogP contribution in [0.5, 0.6) is 5.75 Å². The molecule has 0 aromatic carbocycles. The maximum absolute atomic E-state index is 12.8. The lowest BCUT2D eigenvalue weighted by Crippen LogP contribution is -2.47. The lowest BCUT2D eigenvalue weighted by atomic mass is 10.1. The van der Waals surface area contributed by atoms with E-state index in [1.807, 2.05) is 6.92 Å².